The molecule has 3 rings (SSSR count). The number of halogens is 1. The Morgan fingerprint density at radius 2 is 2.16 bits per heavy atom. The Morgan fingerprint density at radius 1 is 1.32 bits per heavy atom. The predicted octanol–water partition coefficient (Wildman–Crippen LogP) is 2.80. The molecule has 1 aliphatic rings. The normalized spacial score (nSPS) is 13.9. The summed E-state index contributed by atoms with van der Waals surface area (Å²) in [4.78, 5) is 17.9. The lowest BCUT2D eigenvalue weighted by molar-refractivity contribution is -0.115. The largest absolute Gasteiger partial charge is 0.356 e. The molecule has 1 amide bonds. The van der Waals surface area contributed by atoms with E-state index in [1.165, 1.54) is 0 Å². The van der Waals surface area contributed by atoms with Crippen molar-refractivity contribution in [1.82, 2.24) is 4.98 Å². The number of nitrogens with zero attached hydrogens (tertiary/aromatic N) is 2. The summed E-state index contributed by atoms with van der Waals surface area (Å²) in [6, 6.07) is 9.84. The number of fused-ring (bicyclic) bond motifs is 1. The zero-order valence-electron chi connectivity index (χ0n) is 10.1. The molecule has 19 heavy (non-hydrogen) atoms. The Kier molecular flexibility index (Phi) is 3.21. The van der Waals surface area contributed by atoms with Gasteiger partial charge in [0.05, 0.1) is 17.9 Å². The Bertz CT molecular complexity index is 630. The van der Waals surface area contributed by atoms with E-state index in [1.54, 1.807) is 6.20 Å². The Morgan fingerprint density at radius 3 is 3.00 bits per heavy atom. The molecule has 4 nitrogen and oxygen atoms in total. The van der Waals surface area contributed by atoms with Crippen molar-refractivity contribution >= 4 is 33.2 Å². The minimum Gasteiger partial charge on any atom is -0.356 e. The maximum Gasteiger partial charge on any atom is 0.243 e. The number of para-hydroxylation sites is 2. The monoisotopic (exact) mass is 317 g/mol. The van der Waals surface area contributed by atoms with Crippen molar-refractivity contribution in [3.8, 4) is 0 Å². The minimum absolute atomic E-state index is 0.0154. The quantitative estimate of drug-likeness (QED) is 0.926. The number of hydrogen-bond acceptors (Lipinski definition) is 3. The second-order valence-electron chi connectivity index (χ2n) is 4.43. The number of nitrogens with one attached hydrogen (secondary N) is 1. The number of amides is 1. The molecule has 5 heteroatoms. The summed E-state index contributed by atoms with van der Waals surface area (Å²) in [6.45, 7) is 1.03. The number of carbonyl (C=O) groups excluding carboxylic acids is 1. The van der Waals surface area contributed by atoms with Crippen LogP contribution in [0.25, 0.3) is 0 Å². The molecule has 2 aromatic rings. The van der Waals surface area contributed by atoms with E-state index in [0.717, 1.165) is 21.4 Å². The van der Waals surface area contributed by atoms with Crippen LogP contribution in [0.2, 0.25) is 0 Å². The average molecular weight is 318 g/mol. The molecular weight excluding hydrogens is 306 g/mol. The van der Waals surface area contributed by atoms with Gasteiger partial charge in [0.1, 0.15) is 0 Å². The van der Waals surface area contributed by atoms with E-state index in [4.69, 9.17) is 0 Å². The van der Waals surface area contributed by atoms with Gasteiger partial charge >= 0.3 is 0 Å². The van der Waals surface area contributed by atoms with E-state index >= 15 is 0 Å². The molecule has 1 N–H and O–H groups in total. The third-order valence-corrected chi connectivity index (χ3v) is 3.42. The fraction of sp³-hybridized carbons (Fsp3) is 0.143. The SMILES string of the molecule is O=C1CN(Cc2cncc(Br)c2)c2ccccc2N1. The van der Waals surface area contributed by atoms with Crippen molar-refractivity contribution in [3.05, 3.63) is 52.8 Å². The summed E-state index contributed by atoms with van der Waals surface area (Å²) >= 11 is 3.41. The highest BCUT2D eigenvalue weighted by Crippen LogP contribution is 2.30. The lowest BCUT2D eigenvalue weighted by Crippen LogP contribution is -2.37. The van der Waals surface area contributed by atoms with Crippen molar-refractivity contribution in [2.45, 2.75) is 6.54 Å². The highest BCUT2D eigenvalue weighted by molar-refractivity contribution is 9.10. The maximum absolute atomic E-state index is 11.7. The smallest absolute Gasteiger partial charge is 0.243 e. The first-order chi connectivity index (χ1) is 9.22. The van der Waals surface area contributed by atoms with Crippen molar-refractivity contribution in [3.63, 3.8) is 0 Å². The van der Waals surface area contributed by atoms with Crippen LogP contribution < -0.4 is 10.2 Å². The summed E-state index contributed by atoms with van der Waals surface area (Å²) in [6.07, 6.45) is 3.57. The first-order valence-corrected chi connectivity index (χ1v) is 6.75. The van der Waals surface area contributed by atoms with Gasteiger partial charge in [0.15, 0.2) is 0 Å². The van der Waals surface area contributed by atoms with Gasteiger partial charge < -0.3 is 10.2 Å². The Labute approximate surface area is 119 Å². The van der Waals surface area contributed by atoms with Gasteiger partial charge in [-0.05, 0) is 39.7 Å². The van der Waals surface area contributed by atoms with Crippen LogP contribution >= 0.6 is 15.9 Å². The zero-order chi connectivity index (χ0) is 13.2. The molecule has 2 heterocycles. The van der Waals surface area contributed by atoms with E-state index < -0.39 is 0 Å². The molecule has 0 radical (unpaired) electrons. The van der Waals surface area contributed by atoms with Gasteiger partial charge in [-0.15, -0.1) is 0 Å². The third-order valence-electron chi connectivity index (χ3n) is 2.99. The van der Waals surface area contributed by atoms with Gasteiger partial charge in [-0.2, -0.15) is 0 Å². The number of pyridine rings is 1. The lowest BCUT2D eigenvalue weighted by atomic mass is 10.1. The van der Waals surface area contributed by atoms with Crippen LogP contribution in [0, 0.1) is 0 Å². The third kappa shape index (κ3) is 2.61. The first-order valence-electron chi connectivity index (χ1n) is 5.95. The van der Waals surface area contributed by atoms with Crippen LogP contribution in [-0.4, -0.2) is 17.4 Å². The van der Waals surface area contributed by atoms with Crippen LogP contribution in [0.3, 0.4) is 0 Å². The number of rotatable bonds is 2. The first kappa shape index (κ1) is 12.2. The second-order valence-corrected chi connectivity index (χ2v) is 5.35. The van der Waals surface area contributed by atoms with Crippen LogP contribution in [0.5, 0.6) is 0 Å². The highest BCUT2D eigenvalue weighted by Gasteiger charge is 2.21. The Hall–Kier alpha value is -1.88. The van der Waals surface area contributed by atoms with Gasteiger partial charge in [0.25, 0.3) is 0 Å². The summed E-state index contributed by atoms with van der Waals surface area (Å²) in [5.41, 5.74) is 2.97. The molecule has 0 fully saturated rings. The van der Waals surface area contributed by atoms with E-state index in [0.29, 0.717) is 13.1 Å². The second kappa shape index (κ2) is 5.01. The number of aromatic nitrogens is 1. The van der Waals surface area contributed by atoms with Gasteiger partial charge in [0.2, 0.25) is 5.91 Å². The fourth-order valence-electron chi connectivity index (χ4n) is 2.21. The van der Waals surface area contributed by atoms with Crippen LogP contribution in [0.4, 0.5) is 11.4 Å². The van der Waals surface area contributed by atoms with E-state index in [2.05, 4.69) is 31.1 Å². The molecule has 0 aliphatic carbocycles. The molecule has 1 aliphatic heterocycles. The molecule has 0 spiro atoms. The predicted molar refractivity (Wildman–Crippen MR) is 78.1 cm³/mol. The van der Waals surface area contributed by atoms with Crippen molar-refractivity contribution in [1.29, 1.82) is 0 Å². The molecule has 1 aromatic heterocycles. The summed E-state index contributed by atoms with van der Waals surface area (Å²) in [5.74, 6) is 0.0154. The molecule has 0 saturated heterocycles. The minimum atomic E-state index is 0.0154. The fourth-order valence-corrected chi connectivity index (χ4v) is 2.62. The Balaban J connectivity index is 1.91. The molecular formula is C14H12BrN3O. The molecule has 0 saturated carbocycles. The number of carbonyl (C=O) groups is 1. The number of benzene rings is 1. The van der Waals surface area contributed by atoms with Crippen molar-refractivity contribution in [2.24, 2.45) is 0 Å². The molecule has 0 unspecified atom stereocenters. The molecule has 1 aromatic carbocycles. The number of hydrogen-bond donors (Lipinski definition) is 1. The summed E-state index contributed by atoms with van der Waals surface area (Å²) in [7, 11) is 0. The van der Waals surface area contributed by atoms with Crippen molar-refractivity contribution < 1.29 is 4.79 Å². The van der Waals surface area contributed by atoms with Gasteiger partial charge in [0, 0.05) is 23.4 Å². The lowest BCUT2D eigenvalue weighted by Gasteiger charge is -2.30. The zero-order valence-corrected chi connectivity index (χ0v) is 11.7. The topological polar surface area (TPSA) is 45.2 Å². The van der Waals surface area contributed by atoms with Gasteiger partial charge in [-0.3, -0.25) is 9.78 Å². The highest BCUT2D eigenvalue weighted by atomic mass is 79.9. The van der Waals surface area contributed by atoms with E-state index in [-0.39, 0.29) is 5.91 Å². The van der Waals surface area contributed by atoms with Crippen LogP contribution in [0.15, 0.2) is 47.2 Å². The van der Waals surface area contributed by atoms with Crippen LogP contribution in [-0.2, 0) is 11.3 Å². The molecule has 96 valence electrons. The standard InChI is InChI=1S/C14H12BrN3O/c15-11-5-10(6-16-7-11)8-18-9-14(19)17-12-3-1-2-4-13(12)18/h1-7H,8-9H2,(H,17,19). The van der Waals surface area contributed by atoms with Gasteiger partial charge in [-0.1, -0.05) is 12.1 Å². The van der Waals surface area contributed by atoms with E-state index in [9.17, 15) is 4.79 Å². The van der Waals surface area contributed by atoms with Crippen LogP contribution in [0.1, 0.15) is 5.56 Å². The summed E-state index contributed by atoms with van der Waals surface area (Å²) < 4.78 is 0.944. The number of anilines is 2. The van der Waals surface area contributed by atoms with Crippen molar-refractivity contribution in [2.75, 3.05) is 16.8 Å². The summed E-state index contributed by atoms with van der Waals surface area (Å²) in [5, 5.41) is 2.88. The maximum atomic E-state index is 11.7. The van der Waals surface area contributed by atoms with Gasteiger partial charge in [-0.25, -0.2) is 0 Å². The molecule has 0 bridgehead atoms. The average Bonchev–Trinajstić information content (AvgIpc) is 2.38. The molecule has 0 atom stereocenters. The van der Waals surface area contributed by atoms with E-state index in [1.807, 2.05) is 36.5 Å².